The summed E-state index contributed by atoms with van der Waals surface area (Å²) >= 11 is 0. The van der Waals surface area contributed by atoms with Crippen LogP contribution in [0.4, 0.5) is 10.5 Å². The molecule has 4 atom stereocenters. The highest BCUT2D eigenvalue weighted by molar-refractivity contribution is 7.91. The number of aromatic nitrogens is 3. The van der Waals surface area contributed by atoms with Crippen LogP contribution in [0.5, 0.6) is 5.88 Å². The summed E-state index contributed by atoms with van der Waals surface area (Å²) in [7, 11) is -2.42. The van der Waals surface area contributed by atoms with E-state index < -0.39 is 45.3 Å². The molecular formula is C21H29N5O6S. The topological polar surface area (TPSA) is 133 Å². The standard InChI is InChI=1S/C21H29N5O6S/c1-14(2)31-20(27)26-19(33(5,28)29)16(30-4)11-17(25-15-7-6-9-22-12-15)21(26,3)32-18-8-10-23-13-24-18/h6-10,12-14,16-17,19,25H,11H2,1-5H3. The molecule has 1 amide bonds. The van der Waals surface area contributed by atoms with Crippen LogP contribution >= 0.6 is 0 Å². The molecular weight excluding hydrogens is 450 g/mol. The van der Waals surface area contributed by atoms with E-state index in [-0.39, 0.29) is 12.3 Å². The highest BCUT2D eigenvalue weighted by Gasteiger charge is 2.59. The fourth-order valence-electron chi connectivity index (χ4n) is 3.89. The van der Waals surface area contributed by atoms with Crippen molar-refractivity contribution in [2.24, 2.45) is 0 Å². The lowest BCUT2D eigenvalue weighted by Crippen LogP contribution is -2.73. The molecule has 12 heteroatoms. The number of carbonyl (C=O) groups excluding carboxylic acids is 1. The lowest BCUT2D eigenvalue weighted by atomic mass is 9.91. The number of pyridine rings is 1. The lowest BCUT2D eigenvalue weighted by Gasteiger charge is -2.53. The third-order valence-electron chi connectivity index (χ3n) is 5.31. The van der Waals surface area contributed by atoms with Gasteiger partial charge in [-0.05, 0) is 32.9 Å². The first-order chi connectivity index (χ1) is 15.6. The first-order valence-corrected chi connectivity index (χ1v) is 12.3. The minimum Gasteiger partial charge on any atom is -0.449 e. The lowest BCUT2D eigenvalue weighted by molar-refractivity contribution is -0.139. The van der Waals surface area contributed by atoms with Crippen molar-refractivity contribution in [3.05, 3.63) is 43.1 Å². The Morgan fingerprint density at radius 1 is 1.27 bits per heavy atom. The molecule has 0 radical (unpaired) electrons. The minimum atomic E-state index is -3.83. The van der Waals surface area contributed by atoms with E-state index in [1.54, 1.807) is 45.3 Å². The van der Waals surface area contributed by atoms with Gasteiger partial charge in [-0.1, -0.05) is 0 Å². The number of sulfone groups is 1. The average Bonchev–Trinajstić information content (AvgIpc) is 2.75. The van der Waals surface area contributed by atoms with E-state index in [1.165, 1.54) is 25.7 Å². The maximum atomic E-state index is 13.4. The summed E-state index contributed by atoms with van der Waals surface area (Å²) in [6, 6.07) is 4.46. The van der Waals surface area contributed by atoms with E-state index in [2.05, 4.69) is 20.3 Å². The third-order valence-corrected chi connectivity index (χ3v) is 6.70. The normalized spacial score (nSPS) is 25.5. The summed E-state index contributed by atoms with van der Waals surface area (Å²) in [6.45, 7) is 4.98. The van der Waals surface area contributed by atoms with Gasteiger partial charge in [0.15, 0.2) is 15.2 Å². The van der Waals surface area contributed by atoms with Crippen LogP contribution in [0.25, 0.3) is 0 Å². The Balaban J connectivity index is 2.16. The number of hydrogen-bond acceptors (Lipinski definition) is 10. The molecule has 1 aliphatic rings. The van der Waals surface area contributed by atoms with Crippen LogP contribution in [0.2, 0.25) is 0 Å². The number of piperidine rings is 1. The number of nitrogens with one attached hydrogen (secondary N) is 1. The summed E-state index contributed by atoms with van der Waals surface area (Å²) < 4.78 is 43.1. The van der Waals surface area contributed by atoms with Crippen molar-refractivity contribution < 1.29 is 27.4 Å². The number of methoxy groups -OCH3 is 1. The number of rotatable bonds is 7. The smallest absolute Gasteiger partial charge is 0.414 e. The quantitative estimate of drug-likeness (QED) is 0.629. The van der Waals surface area contributed by atoms with Crippen molar-refractivity contribution in [3.63, 3.8) is 0 Å². The molecule has 2 aromatic rings. The highest BCUT2D eigenvalue weighted by Crippen LogP contribution is 2.39. The molecule has 33 heavy (non-hydrogen) atoms. The number of anilines is 1. The molecule has 180 valence electrons. The van der Waals surface area contributed by atoms with Crippen molar-refractivity contribution >= 4 is 21.6 Å². The van der Waals surface area contributed by atoms with Gasteiger partial charge in [-0.15, -0.1) is 0 Å². The number of amides is 1. The number of nitrogens with zero attached hydrogens (tertiary/aromatic N) is 4. The predicted octanol–water partition coefficient (Wildman–Crippen LogP) is 2.08. The zero-order chi connectivity index (χ0) is 24.2. The Morgan fingerprint density at radius 2 is 2.03 bits per heavy atom. The van der Waals surface area contributed by atoms with Crippen LogP contribution in [0.15, 0.2) is 43.1 Å². The van der Waals surface area contributed by atoms with Crippen LogP contribution in [0.1, 0.15) is 27.2 Å². The Labute approximate surface area is 193 Å². The van der Waals surface area contributed by atoms with Gasteiger partial charge in [-0.3, -0.25) is 4.98 Å². The molecule has 3 rings (SSSR count). The van der Waals surface area contributed by atoms with E-state index in [0.717, 1.165) is 11.2 Å². The number of hydrogen-bond donors (Lipinski definition) is 1. The molecule has 0 saturated carbocycles. The first-order valence-electron chi connectivity index (χ1n) is 10.4. The highest BCUT2D eigenvalue weighted by atomic mass is 32.2. The SMILES string of the molecule is COC1CC(Nc2cccnc2)C(C)(Oc2ccncn2)N(C(=O)OC(C)C)C1S(C)(=O)=O. The molecule has 4 unspecified atom stereocenters. The molecule has 1 N–H and O–H groups in total. The van der Waals surface area contributed by atoms with Crippen molar-refractivity contribution in [3.8, 4) is 5.88 Å². The predicted molar refractivity (Wildman–Crippen MR) is 120 cm³/mol. The Hall–Kier alpha value is -2.99. The zero-order valence-corrected chi connectivity index (χ0v) is 20.0. The fraction of sp³-hybridized carbons (Fsp3) is 0.524. The van der Waals surface area contributed by atoms with Gasteiger partial charge < -0.3 is 19.5 Å². The van der Waals surface area contributed by atoms with Gasteiger partial charge in [0.25, 0.3) is 0 Å². The van der Waals surface area contributed by atoms with E-state index in [4.69, 9.17) is 14.2 Å². The van der Waals surface area contributed by atoms with Gasteiger partial charge in [0.1, 0.15) is 6.33 Å². The molecule has 1 fully saturated rings. The van der Waals surface area contributed by atoms with Gasteiger partial charge in [-0.2, -0.15) is 0 Å². The number of ether oxygens (including phenoxy) is 3. The third kappa shape index (κ3) is 5.50. The number of likely N-dealkylation sites (tertiary alicyclic amines) is 1. The van der Waals surface area contributed by atoms with Gasteiger partial charge in [0.05, 0.1) is 23.9 Å². The molecule has 0 aromatic carbocycles. The maximum Gasteiger partial charge on any atom is 0.414 e. The van der Waals surface area contributed by atoms with Gasteiger partial charge in [-0.25, -0.2) is 28.1 Å². The maximum absolute atomic E-state index is 13.4. The monoisotopic (exact) mass is 479 g/mol. The second-order valence-electron chi connectivity index (χ2n) is 8.18. The molecule has 0 spiro atoms. The van der Waals surface area contributed by atoms with Crippen LogP contribution in [0.3, 0.4) is 0 Å². The van der Waals surface area contributed by atoms with Crippen LogP contribution in [-0.4, -0.2) is 77.1 Å². The van der Waals surface area contributed by atoms with E-state index in [0.29, 0.717) is 5.69 Å². The van der Waals surface area contributed by atoms with Crippen molar-refractivity contribution in [1.82, 2.24) is 19.9 Å². The first kappa shape index (κ1) is 24.6. The summed E-state index contributed by atoms with van der Waals surface area (Å²) in [5.74, 6) is 0.163. The van der Waals surface area contributed by atoms with E-state index >= 15 is 0 Å². The molecule has 1 saturated heterocycles. The summed E-state index contributed by atoms with van der Waals surface area (Å²) in [6.07, 6.45) is 5.10. The van der Waals surface area contributed by atoms with Gasteiger partial charge >= 0.3 is 6.09 Å². The Bertz CT molecular complexity index is 1040. The van der Waals surface area contributed by atoms with Crippen LogP contribution in [0, 0.1) is 0 Å². The molecule has 2 aromatic heterocycles. The summed E-state index contributed by atoms with van der Waals surface area (Å²) in [4.78, 5) is 26.6. The average molecular weight is 480 g/mol. The van der Waals surface area contributed by atoms with Crippen LogP contribution in [-0.2, 0) is 19.3 Å². The summed E-state index contributed by atoms with van der Waals surface area (Å²) in [5.41, 5.74) is -0.885. The van der Waals surface area contributed by atoms with E-state index in [1.807, 2.05) is 0 Å². The molecule has 0 aliphatic carbocycles. The van der Waals surface area contributed by atoms with Crippen LogP contribution < -0.4 is 10.1 Å². The van der Waals surface area contributed by atoms with Gasteiger partial charge in [0, 0.05) is 44.4 Å². The van der Waals surface area contributed by atoms with Crippen molar-refractivity contribution in [2.75, 3.05) is 18.7 Å². The molecule has 11 nitrogen and oxygen atoms in total. The molecule has 1 aliphatic heterocycles. The molecule has 3 heterocycles. The van der Waals surface area contributed by atoms with Gasteiger partial charge in [0.2, 0.25) is 11.6 Å². The second-order valence-corrected chi connectivity index (χ2v) is 10.3. The Kier molecular flexibility index (Phi) is 7.38. The second kappa shape index (κ2) is 9.87. The Morgan fingerprint density at radius 3 is 2.58 bits per heavy atom. The van der Waals surface area contributed by atoms with Crippen molar-refractivity contribution in [1.29, 1.82) is 0 Å². The zero-order valence-electron chi connectivity index (χ0n) is 19.2. The summed E-state index contributed by atoms with van der Waals surface area (Å²) in [5, 5.41) is 1.96. The van der Waals surface area contributed by atoms with Crippen molar-refractivity contribution in [2.45, 2.75) is 56.5 Å². The largest absolute Gasteiger partial charge is 0.449 e. The fourth-order valence-corrected chi connectivity index (χ4v) is 5.34. The minimum absolute atomic E-state index is 0.163. The van der Waals surface area contributed by atoms with E-state index in [9.17, 15) is 13.2 Å². The molecule has 0 bridgehead atoms. The number of carbonyl (C=O) groups is 1.